The molecule has 9 nitrogen and oxygen atoms in total. The van der Waals surface area contributed by atoms with Gasteiger partial charge in [0, 0.05) is 0 Å². The van der Waals surface area contributed by atoms with E-state index in [2.05, 4.69) is 4.74 Å². The molecule has 0 saturated carbocycles. The van der Waals surface area contributed by atoms with Gasteiger partial charge in [0.2, 0.25) is 0 Å². The number of hydrogen-bond donors (Lipinski definition) is 6. The minimum atomic E-state index is -5.27. The quantitative estimate of drug-likeness (QED) is 0.213. The molecule has 0 bridgehead atoms. The Bertz CT molecular complexity index is 362. The Kier molecular flexibility index (Phi) is 5.98. The number of aliphatic hydroxyl groups is 5. The fourth-order valence-electron chi connectivity index (χ4n) is 1.34. The fraction of sp³-hybridized carbons (Fsp3) is 1.00. The minimum absolute atomic E-state index is 0. The smallest absolute Gasteiger partial charge is 1.00 e. The maximum absolute atomic E-state index is 10.8. The Morgan fingerprint density at radius 2 is 1.71 bits per heavy atom. The van der Waals surface area contributed by atoms with Crippen molar-refractivity contribution in [2.24, 2.45) is 0 Å². The summed E-state index contributed by atoms with van der Waals surface area (Å²) in [6.45, 7) is -0.928. The van der Waals surface area contributed by atoms with E-state index in [9.17, 15) is 28.8 Å². The molecule has 11 heteroatoms. The van der Waals surface area contributed by atoms with Crippen molar-refractivity contribution < 1.29 is 74.2 Å². The van der Waals surface area contributed by atoms with Crippen LogP contribution in [0, 0.1) is 0 Å². The van der Waals surface area contributed by atoms with Crippen molar-refractivity contribution in [1.82, 2.24) is 0 Å². The average molecular weight is 284 g/mol. The van der Waals surface area contributed by atoms with Crippen LogP contribution in [0.1, 0.15) is 1.43 Å². The number of ether oxygens (including phenoxy) is 1. The van der Waals surface area contributed by atoms with Gasteiger partial charge in [-0.05, 0) is 0 Å². The first kappa shape index (κ1) is 17.7. The van der Waals surface area contributed by atoms with E-state index in [0.29, 0.717) is 0 Å². The molecule has 0 aromatic heterocycles. The van der Waals surface area contributed by atoms with Gasteiger partial charge in [-0.15, -0.1) is 0 Å². The summed E-state index contributed by atoms with van der Waals surface area (Å²) in [7, 11) is -5.27. The minimum Gasteiger partial charge on any atom is -1.00 e. The van der Waals surface area contributed by atoms with Crippen molar-refractivity contribution in [3.8, 4) is 0 Å². The Hall–Kier alpha value is 0.670. The normalized spacial score (nSPS) is 42.9. The van der Waals surface area contributed by atoms with E-state index in [-0.39, 0.29) is 31.0 Å². The summed E-state index contributed by atoms with van der Waals surface area (Å²) in [6, 6.07) is 0. The third-order valence-electron chi connectivity index (χ3n) is 2.30. The van der Waals surface area contributed by atoms with Gasteiger partial charge >= 0.3 is 44.8 Å². The third kappa shape index (κ3) is 2.98. The molecule has 0 aliphatic carbocycles. The Morgan fingerprint density at radius 1 is 1.24 bits per heavy atom. The van der Waals surface area contributed by atoms with Gasteiger partial charge in [-0.3, -0.25) is 4.55 Å². The van der Waals surface area contributed by atoms with Crippen molar-refractivity contribution in [2.75, 3.05) is 6.61 Å². The monoisotopic (exact) mass is 284 g/mol. The van der Waals surface area contributed by atoms with Crippen LogP contribution in [0.2, 0.25) is 0 Å². The molecular formula is C6H13NaO9S. The van der Waals surface area contributed by atoms with Crippen LogP contribution < -0.4 is 29.6 Å². The van der Waals surface area contributed by atoms with Gasteiger partial charge < -0.3 is 31.7 Å². The molecule has 0 aromatic rings. The summed E-state index contributed by atoms with van der Waals surface area (Å²) in [4.78, 5) is 0. The molecular weight excluding hydrogens is 271 g/mol. The van der Waals surface area contributed by atoms with Crippen molar-refractivity contribution >= 4 is 10.1 Å². The predicted octanol–water partition coefficient (Wildman–Crippen LogP) is -6.89. The summed E-state index contributed by atoms with van der Waals surface area (Å²) in [5, 5.41) is 42.2. The zero-order valence-electron chi connectivity index (χ0n) is 9.83. The molecule has 0 amide bonds. The van der Waals surface area contributed by atoms with E-state index < -0.39 is 46.3 Å². The predicted molar refractivity (Wildman–Crippen MR) is 47.6 cm³/mol. The molecule has 98 valence electrons. The molecule has 1 saturated heterocycles. The maximum Gasteiger partial charge on any atom is 1.00 e. The van der Waals surface area contributed by atoms with Crippen molar-refractivity contribution in [3.05, 3.63) is 0 Å². The third-order valence-corrected chi connectivity index (χ3v) is 3.37. The van der Waals surface area contributed by atoms with E-state index in [1.807, 2.05) is 0 Å². The molecule has 5 atom stereocenters. The van der Waals surface area contributed by atoms with Crippen molar-refractivity contribution in [3.63, 3.8) is 0 Å². The molecule has 1 rings (SSSR count). The first-order chi connectivity index (χ1) is 7.15. The van der Waals surface area contributed by atoms with Crippen LogP contribution in [0.25, 0.3) is 0 Å². The molecule has 0 aromatic carbocycles. The molecule has 17 heavy (non-hydrogen) atoms. The van der Waals surface area contributed by atoms with Crippen LogP contribution in [0.4, 0.5) is 0 Å². The maximum atomic E-state index is 10.8. The number of hydrogen-bond acceptors (Lipinski definition) is 8. The van der Waals surface area contributed by atoms with Gasteiger partial charge in [-0.2, -0.15) is 8.42 Å². The average Bonchev–Trinajstić information content (AvgIpc) is 2.19. The zero-order valence-corrected chi connectivity index (χ0v) is 11.6. The molecule has 1 fully saturated rings. The molecule has 0 unspecified atom stereocenters. The molecule has 6 N–H and O–H groups in total. The largest absolute Gasteiger partial charge is 1.00 e. The SMILES string of the molecule is O=S(=O)(O)[C@@]1(O)O[C@H](CO)[C@@H](O)[C@H](O)[C@H]1O.[H-].[Na+]. The van der Waals surface area contributed by atoms with Crippen LogP contribution >= 0.6 is 0 Å². The van der Waals surface area contributed by atoms with Crippen molar-refractivity contribution in [1.29, 1.82) is 0 Å². The van der Waals surface area contributed by atoms with Crippen LogP contribution in [-0.2, 0) is 14.9 Å². The van der Waals surface area contributed by atoms with E-state index >= 15 is 0 Å². The molecule has 1 heterocycles. The van der Waals surface area contributed by atoms with Crippen molar-refractivity contribution in [2.45, 2.75) is 29.5 Å². The van der Waals surface area contributed by atoms with Gasteiger partial charge in [0.25, 0.3) is 0 Å². The van der Waals surface area contributed by atoms with E-state index in [1.54, 1.807) is 0 Å². The van der Waals surface area contributed by atoms with E-state index in [4.69, 9.17) is 9.66 Å². The van der Waals surface area contributed by atoms with E-state index in [0.717, 1.165) is 0 Å². The first-order valence-corrected chi connectivity index (χ1v) is 5.61. The topological polar surface area (TPSA) is 165 Å². The second-order valence-corrected chi connectivity index (χ2v) is 4.91. The summed E-state index contributed by atoms with van der Waals surface area (Å²) in [5.41, 5.74) is 0. The van der Waals surface area contributed by atoms with Gasteiger partial charge in [-0.1, -0.05) is 0 Å². The standard InChI is InChI=1S/C6H12O9S.Na.H/c7-1-2-3(8)4(9)5(10)6(11,15-2)16(12,13)14;;/h2-5,7-11H,1H2,(H,12,13,14);;/q;+1;-1/t2-,3-,4+,5-,6+;;/m1../s1. The van der Waals surface area contributed by atoms with Crippen LogP contribution in [0.5, 0.6) is 0 Å². The van der Waals surface area contributed by atoms with Crippen LogP contribution in [-0.4, -0.2) is 74.6 Å². The Balaban J connectivity index is 0. The van der Waals surface area contributed by atoms with Gasteiger partial charge in [-0.25, -0.2) is 0 Å². The van der Waals surface area contributed by atoms with Crippen LogP contribution in [0.3, 0.4) is 0 Å². The Morgan fingerprint density at radius 3 is 2.06 bits per heavy atom. The Labute approximate surface area is 120 Å². The summed E-state index contributed by atoms with van der Waals surface area (Å²) >= 11 is 0. The molecule has 1 aliphatic rings. The van der Waals surface area contributed by atoms with Gasteiger partial charge in [0.1, 0.15) is 18.3 Å². The molecule has 1 aliphatic heterocycles. The molecule has 0 spiro atoms. The summed E-state index contributed by atoms with van der Waals surface area (Å²) in [5.74, 6) is 0. The second kappa shape index (κ2) is 5.75. The van der Waals surface area contributed by atoms with E-state index in [1.165, 1.54) is 0 Å². The van der Waals surface area contributed by atoms with Gasteiger partial charge in [0.05, 0.1) is 6.61 Å². The zero-order chi connectivity index (χ0) is 12.7. The fourth-order valence-corrected chi connectivity index (χ4v) is 2.03. The molecule has 0 radical (unpaired) electrons. The second-order valence-electron chi connectivity index (χ2n) is 3.37. The number of aliphatic hydroxyl groups excluding tert-OH is 4. The van der Waals surface area contributed by atoms with Gasteiger partial charge in [0.15, 0.2) is 6.10 Å². The summed E-state index contributed by atoms with van der Waals surface area (Å²) < 4.78 is 34.5. The summed E-state index contributed by atoms with van der Waals surface area (Å²) in [6.07, 6.45) is -8.04. The number of rotatable bonds is 2. The van der Waals surface area contributed by atoms with Crippen LogP contribution in [0.15, 0.2) is 0 Å². The first-order valence-electron chi connectivity index (χ1n) is 4.17.